The van der Waals surface area contributed by atoms with Crippen molar-refractivity contribution in [3.63, 3.8) is 0 Å². The van der Waals surface area contributed by atoms with Gasteiger partial charge in [-0.05, 0) is 37.7 Å². The summed E-state index contributed by atoms with van der Waals surface area (Å²) in [5, 5.41) is 12.4. The standard InChI is InChI=1S/C14H17ClN2O3/c1-9-2-5-14(6-3-9,13(19)20)17-12(18)10-8-16-7-4-11(10)15/h4,7-9H,2-3,5-6H2,1H3,(H,17,18)(H,19,20). The molecule has 0 saturated heterocycles. The molecule has 1 amide bonds. The lowest BCUT2D eigenvalue weighted by atomic mass is 9.77. The first-order valence-electron chi connectivity index (χ1n) is 6.60. The minimum Gasteiger partial charge on any atom is -0.480 e. The smallest absolute Gasteiger partial charge is 0.329 e. The fourth-order valence-electron chi connectivity index (χ4n) is 2.48. The Labute approximate surface area is 122 Å². The molecule has 0 unspecified atom stereocenters. The molecule has 2 N–H and O–H groups in total. The van der Waals surface area contributed by atoms with Gasteiger partial charge in [-0.2, -0.15) is 0 Å². The number of carbonyl (C=O) groups excluding carboxylic acids is 1. The van der Waals surface area contributed by atoms with Crippen LogP contribution in [0.2, 0.25) is 5.02 Å². The van der Waals surface area contributed by atoms with Crippen LogP contribution in [0.3, 0.4) is 0 Å². The average molecular weight is 297 g/mol. The van der Waals surface area contributed by atoms with E-state index in [1.807, 2.05) is 0 Å². The van der Waals surface area contributed by atoms with Gasteiger partial charge in [-0.3, -0.25) is 9.78 Å². The highest BCUT2D eigenvalue weighted by atomic mass is 35.5. The molecular weight excluding hydrogens is 280 g/mol. The van der Waals surface area contributed by atoms with Crippen LogP contribution in [0.15, 0.2) is 18.5 Å². The van der Waals surface area contributed by atoms with Crippen molar-refractivity contribution in [2.45, 2.75) is 38.1 Å². The number of hydrogen-bond donors (Lipinski definition) is 2. The molecule has 108 valence electrons. The summed E-state index contributed by atoms with van der Waals surface area (Å²) >= 11 is 5.94. The maximum absolute atomic E-state index is 12.2. The molecule has 1 heterocycles. The van der Waals surface area contributed by atoms with Gasteiger partial charge in [0.2, 0.25) is 0 Å². The van der Waals surface area contributed by atoms with Gasteiger partial charge in [-0.1, -0.05) is 18.5 Å². The number of carboxylic acids is 1. The molecule has 1 fully saturated rings. The van der Waals surface area contributed by atoms with Gasteiger partial charge in [0.05, 0.1) is 10.6 Å². The van der Waals surface area contributed by atoms with E-state index in [4.69, 9.17) is 11.6 Å². The molecule has 20 heavy (non-hydrogen) atoms. The van der Waals surface area contributed by atoms with Gasteiger partial charge in [-0.25, -0.2) is 4.79 Å². The van der Waals surface area contributed by atoms with E-state index in [2.05, 4.69) is 17.2 Å². The highest BCUT2D eigenvalue weighted by Crippen LogP contribution is 2.32. The van der Waals surface area contributed by atoms with E-state index in [0.717, 1.165) is 12.8 Å². The summed E-state index contributed by atoms with van der Waals surface area (Å²) in [7, 11) is 0. The molecular formula is C14H17ClN2O3. The number of halogens is 1. The van der Waals surface area contributed by atoms with Crippen LogP contribution in [0, 0.1) is 5.92 Å². The lowest BCUT2D eigenvalue weighted by molar-refractivity contribution is -0.146. The largest absolute Gasteiger partial charge is 0.480 e. The number of aromatic nitrogens is 1. The number of pyridine rings is 1. The van der Waals surface area contributed by atoms with Gasteiger partial charge in [0, 0.05) is 12.4 Å². The van der Waals surface area contributed by atoms with Crippen molar-refractivity contribution in [3.05, 3.63) is 29.0 Å². The minimum atomic E-state index is -1.19. The first kappa shape index (κ1) is 14.8. The summed E-state index contributed by atoms with van der Waals surface area (Å²) in [5.74, 6) is -0.987. The summed E-state index contributed by atoms with van der Waals surface area (Å²) in [5.41, 5.74) is -0.989. The van der Waals surface area contributed by atoms with E-state index in [9.17, 15) is 14.7 Å². The van der Waals surface area contributed by atoms with Crippen molar-refractivity contribution in [2.75, 3.05) is 0 Å². The van der Waals surface area contributed by atoms with Crippen LogP contribution in [0.5, 0.6) is 0 Å². The Morgan fingerprint density at radius 1 is 1.45 bits per heavy atom. The van der Waals surface area contributed by atoms with Crippen molar-refractivity contribution in [2.24, 2.45) is 5.92 Å². The van der Waals surface area contributed by atoms with Gasteiger partial charge in [0.15, 0.2) is 0 Å². The van der Waals surface area contributed by atoms with Crippen molar-refractivity contribution >= 4 is 23.5 Å². The Bertz CT molecular complexity index is 525. The van der Waals surface area contributed by atoms with Crippen molar-refractivity contribution in [1.29, 1.82) is 0 Å². The molecule has 1 aromatic heterocycles. The van der Waals surface area contributed by atoms with E-state index < -0.39 is 17.4 Å². The lowest BCUT2D eigenvalue weighted by Crippen LogP contribution is -2.56. The first-order chi connectivity index (χ1) is 9.44. The maximum Gasteiger partial charge on any atom is 0.329 e. The van der Waals surface area contributed by atoms with Gasteiger partial charge in [0.25, 0.3) is 5.91 Å². The summed E-state index contributed by atoms with van der Waals surface area (Å²) in [4.78, 5) is 27.6. The third-order valence-electron chi connectivity index (χ3n) is 3.90. The van der Waals surface area contributed by atoms with Crippen molar-refractivity contribution < 1.29 is 14.7 Å². The number of nitrogens with one attached hydrogen (secondary N) is 1. The van der Waals surface area contributed by atoms with Crippen LogP contribution >= 0.6 is 11.6 Å². The van der Waals surface area contributed by atoms with Crippen molar-refractivity contribution in [1.82, 2.24) is 10.3 Å². The highest BCUT2D eigenvalue weighted by molar-refractivity contribution is 6.33. The highest BCUT2D eigenvalue weighted by Gasteiger charge is 2.42. The zero-order valence-electron chi connectivity index (χ0n) is 11.2. The minimum absolute atomic E-state index is 0.202. The molecule has 2 rings (SSSR count). The number of aliphatic carboxylic acids is 1. The van der Waals surface area contributed by atoms with Crippen LogP contribution in [-0.2, 0) is 4.79 Å². The molecule has 5 nitrogen and oxygen atoms in total. The van der Waals surface area contributed by atoms with Gasteiger partial charge in [0.1, 0.15) is 5.54 Å². The van der Waals surface area contributed by atoms with Gasteiger partial charge in [-0.15, -0.1) is 0 Å². The second-order valence-corrected chi connectivity index (χ2v) is 5.79. The summed E-state index contributed by atoms with van der Waals surface area (Å²) in [6.07, 6.45) is 5.27. The Kier molecular flexibility index (Phi) is 4.28. The van der Waals surface area contributed by atoms with Crippen LogP contribution in [0.4, 0.5) is 0 Å². The molecule has 1 aliphatic carbocycles. The van der Waals surface area contributed by atoms with Gasteiger partial charge >= 0.3 is 5.97 Å². The molecule has 0 aromatic carbocycles. The van der Waals surface area contributed by atoms with E-state index >= 15 is 0 Å². The first-order valence-corrected chi connectivity index (χ1v) is 6.98. The Hall–Kier alpha value is -1.62. The second-order valence-electron chi connectivity index (χ2n) is 5.38. The Morgan fingerprint density at radius 3 is 2.65 bits per heavy atom. The zero-order chi connectivity index (χ0) is 14.8. The maximum atomic E-state index is 12.2. The molecule has 1 saturated carbocycles. The Balaban J connectivity index is 2.19. The van der Waals surface area contributed by atoms with Crippen LogP contribution < -0.4 is 5.32 Å². The topological polar surface area (TPSA) is 79.3 Å². The summed E-state index contributed by atoms with van der Waals surface area (Å²) < 4.78 is 0. The second kappa shape index (κ2) is 5.79. The summed E-state index contributed by atoms with van der Waals surface area (Å²) in [6, 6.07) is 1.51. The van der Waals surface area contributed by atoms with E-state index in [0.29, 0.717) is 18.8 Å². The molecule has 0 radical (unpaired) electrons. The molecule has 1 aliphatic rings. The number of carbonyl (C=O) groups is 2. The molecule has 0 bridgehead atoms. The molecule has 0 spiro atoms. The van der Waals surface area contributed by atoms with Crippen molar-refractivity contribution in [3.8, 4) is 0 Å². The normalized spacial score (nSPS) is 26.0. The third-order valence-corrected chi connectivity index (χ3v) is 4.23. The van der Waals surface area contributed by atoms with Crippen LogP contribution in [0.25, 0.3) is 0 Å². The Morgan fingerprint density at radius 2 is 2.10 bits per heavy atom. The lowest BCUT2D eigenvalue weighted by Gasteiger charge is -2.36. The van der Waals surface area contributed by atoms with Crippen LogP contribution in [-0.4, -0.2) is 27.5 Å². The number of rotatable bonds is 3. The fraction of sp³-hybridized carbons (Fsp3) is 0.500. The van der Waals surface area contributed by atoms with E-state index in [-0.39, 0.29) is 10.6 Å². The third kappa shape index (κ3) is 2.93. The number of carboxylic acid groups (broad SMARTS) is 1. The zero-order valence-corrected chi connectivity index (χ0v) is 12.0. The number of amides is 1. The molecule has 0 aliphatic heterocycles. The summed E-state index contributed by atoms with van der Waals surface area (Å²) in [6.45, 7) is 2.09. The number of hydrogen-bond acceptors (Lipinski definition) is 3. The average Bonchev–Trinajstić information content (AvgIpc) is 2.41. The predicted molar refractivity (Wildman–Crippen MR) is 74.7 cm³/mol. The fourth-order valence-corrected chi connectivity index (χ4v) is 2.67. The van der Waals surface area contributed by atoms with Crippen LogP contribution in [0.1, 0.15) is 43.0 Å². The van der Waals surface area contributed by atoms with Gasteiger partial charge < -0.3 is 10.4 Å². The van der Waals surface area contributed by atoms with E-state index in [1.54, 1.807) is 0 Å². The monoisotopic (exact) mass is 296 g/mol. The van der Waals surface area contributed by atoms with E-state index in [1.165, 1.54) is 18.5 Å². The molecule has 0 atom stereocenters. The molecule has 1 aromatic rings. The quantitative estimate of drug-likeness (QED) is 0.898. The molecule has 6 heteroatoms. The number of nitrogens with zero attached hydrogens (tertiary/aromatic N) is 1. The predicted octanol–water partition coefficient (Wildman–Crippen LogP) is 2.50. The SMILES string of the molecule is CC1CCC(NC(=O)c2cnccc2Cl)(C(=O)O)CC1.